The number of ether oxygens (including phenoxy) is 2. The molecule has 0 aromatic heterocycles. The maximum atomic E-state index is 12.8. The van der Waals surface area contributed by atoms with Crippen molar-refractivity contribution in [2.75, 3.05) is 13.7 Å². The van der Waals surface area contributed by atoms with Crippen LogP contribution in [0, 0.1) is 18.3 Å². The van der Waals surface area contributed by atoms with Crippen molar-refractivity contribution in [1.82, 2.24) is 4.72 Å². The average molecular weight is 325 g/mol. The summed E-state index contributed by atoms with van der Waals surface area (Å²) in [5, 5.41) is 0. The third-order valence-electron chi connectivity index (χ3n) is 4.99. The van der Waals surface area contributed by atoms with Crippen molar-refractivity contribution in [2.24, 2.45) is 11.3 Å². The number of sulfonamides is 1. The highest BCUT2D eigenvalue weighted by molar-refractivity contribution is 7.89. The number of aryl methyl sites for hydroxylation is 1. The summed E-state index contributed by atoms with van der Waals surface area (Å²) in [4.78, 5) is 0.202. The van der Waals surface area contributed by atoms with Gasteiger partial charge in [0.15, 0.2) is 0 Å². The lowest BCUT2D eigenvalue weighted by molar-refractivity contribution is -0.105. The number of hydrogen-bond acceptors (Lipinski definition) is 4. The van der Waals surface area contributed by atoms with Crippen molar-refractivity contribution < 1.29 is 17.9 Å². The summed E-state index contributed by atoms with van der Waals surface area (Å²) in [6.07, 6.45) is 1.06. The number of benzene rings is 1. The lowest BCUT2D eigenvalue weighted by Crippen LogP contribution is -2.66. The van der Waals surface area contributed by atoms with E-state index >= 15 is 0 Å². The first-order valence-electron chi connectivity index (χ1n) is 7.56. The molecular formula is C16H23NO4S. The molecule has 1 aliphatic heterocycles. The van der Waals surface area contributed by atoms with Gasteiger partial charge in [-0.25, -0.2) is 13.1 Å². The summed E-state index contributed by atoms with van der Waals surface area (Å²) in [5.41, 5.74) is 0.696. The molecule has 1 heterocycles. The van der Waals surface area contributed by atoms with Gasteiger partial charge >= 0.3 is 0 Å². The van der Waals surface area contributed by atoms with E-state index in [0.717, 1.165) is 12.0 Å². The van der Waals surface area contributed by atoms with Crippen LogP contribution < -0.4 is 9.46 Å². The summed E-state index contributed by atoms with van der Waals surface area (Å²) in [5.74, 6) is 0.634. The molecule has 2 aliphatic rings. The molecule has 0 amide bonds. The molecule has 1 saturated carbocycles. The quantitative estimate of drug-likeness (QED) is 0.921. The first kappa shape index (κ1) is 15.8. The second kappa shape index (κ2) is 5.22. The first-order chi connectivity index (χ1) is 10.3. The van der Waals surface area contributed by atoms with Crippen molar-refractivity contribution in [2.45, 2.75) is 44.2 Å². The summed E-state index contributed by atoms with van der Waals surface area (Å²) in [6.45, 7) is 6.69. The molecule has 3 atom stereocenters. The summed E-state index contributed by atoms with van der Waals surface area (Å²) >= 11 is 0. The second-order valence-electron chi connectivity index (χ2n) is 6.82. The van der Waals surface area contributed by atoms with Gasteiger partial charge in [0.1, 0.15) is 10.6 Å². The van der Waals surface area contributed by atoms with Crippen molar-refractivity contribution in [3.05, 3.63) is 23.8 Å². The van der Waals surface area contributed by atoms with Gasteiger partial charge in [0.2, 0.25) is 10.0 Å². The Morgan fingerprint density at radius 2 is 2.09 bits per heavy atom. The molecule has 1 N–H and O–H groups in total. The molecule has 22 heavy (non-hydrogen) atoms. The highest BCUT2D eigenvalue weighted by Crippen LogP contribution is 2.52. The molecule has 6 heteroatoms. The molecule has 0 bridgehead atoms. The topological polar surface area (TPSA) is 64.6 Å². The highest BCUT2D eigenvalue weighted by atomic mass is 32.2. The number of fused-ring (bicyclic) bond motifs is 1. The van der Waals surface area contributed by atoms with E-state index in [1.54, 1.807) is 12.1 Å². The minimum atomic E-state index is -3.63. The highest BCUT2D eigenvalue weighted by Gasteiger charge is 2.60. The molecule has 3 rings (SSSR count). The molecule has 2 fully saturated rings. The van der Waals surface area contributed by atoms with Gasteiger partial charge in [0.25, 0.3) is 0 Å². The largest absolute Gasteiger partial charge is 0.495 e. The number of methoxy groups -OCH3 is 1. The molecule has 1 aliphatic carbocycles. The van der Waals surface area contributed by atoms with Crippen LogP contribution in [-0.4, -0.2) is 34.3 Å². The van der Waals surface area contributed by atoms with E-state index in [2.05, 4.69) is 18.6 Å². The van der Waals surface area contributed by atoms with Crippen LogP contribution in [0.15, 0.2) is 23.1 Å². The zero-order chi connectivity index (χ0) is 16.1. The molecule has 0 spiro atoms. The lowest BCUT2D eigenvalue weighted by Gasteiger charge is -2.54. The Hall–Kier alpha value is -1.11. The van der Waals surface area contributed by atoms with E-state index in [9.17, 15) is 8.42 Å². The van der Waals surface area contributed by atoms with Crippen LogP contribution in [0.1, 0.15) is 25.8 Å². The van der Waals surface area contributed by atoms with Gasteiger partial charge in [-0.3, -0.25) is 0 Å². The van der Waals surface area contributed by atoms with E-state index in [1.807, 2.05) is 13.0 Å². The maximum Gasteiger partial charge on any atom is 0.244 e. The van der Waals surface area contributed by atoms with Gasteiger partial charge in [0.05, 0.1) is 13.2 Å². The number of nitrogens with one attached hydrogen (secondary N) is 1. The minimum absolute atomic E-state index is 0.102. The van der Waals surface area contributed by atoms with E-state index in [1.165, 1.54) is 7.11 Å². The van der Waals surface area contributed by atoms with E-state index in [-0.39, 0.29) is 28.4 Å². The SMILES string of the molecule is COc1ccc(C)cc1S(=O)(=O)N[C@@H]1[C@H]2CCO[C@@H]2C1(C)C. The Kier molecular flexibility index (Phi) is 3.74. The van der Waals surface area contributed by atoms with Crippen molar-refractivity contribution in [3.8, 4) is 5.75 Å². The molecule has 122 valence electrons. The average Bonchev–Trinajstić information content (AvgIpc) is 2.92. The molecule has 1 aromatic carbocycles. The lowest BCUT2D eigenvalue weighted by atomic mass is 9.58. The van der Waals surface area contributed by atoms with E-state index in [4.69, 9.17) is 9.47 Å². The molecule has 5 nitrogen and oxygen atoms in total. The normalized spacial score (nSPS) is 29.7. The van der Waals surface area contributed by atoms with Gasteiger partial charge in [0, 0.05) is 24.0 Å². The van der Waals surface area contributed by atoms with E-state index in [0.29, 0.717) is 12.4 Å². The van der Waals surface area contributed by atoms with Crippen molar-refractivity contribution in [3.63, 3.8) is 0 Å². The van der Waals surface area contributed by atoms with Crippen LogP contribution in [0.5, 0.6) is 5.75 Å². The Bertz CT molecular complexity index is 683. The minimum Gasteiger partial charge on any atom is -0.495 e. The predicted octanol–water partition coefficient (Wildman–Crippen LogP) is 2.10. The number of hydrogen-bond donors (Lipinski definition) is 1. The second-order valence-corrected chi connectivity index (χ2v) is 8.50. The smallest absolute Gasteiger partial charge is 0.244 e. The Labute approximate surface area is 132 Å². The Morgan fingerprint density at radius 1 is 1.36 bits per heavy atom. The van der Waals surface area contributed by atoms with Gasteiger partial charge in [-0.15, -0.1) is 0 Å². The predicted molar refractivity (Wildman–Crippen MR) is 83.5 cm³/mol. The summed E-state index contributed by atoms with van der Waals surface area (Å²) < 4.78 is 39.4. The first-order valence-corrected chi connectivity index (χ1v) is 9.04. The van der Waals surface area contributed by atoms with Crippen molar-refractivity contribution in [1.29, 1.82) is 0 Å². The summed E-state index contributed by atoms with van der Waals surface area (Å²) in [7, 11) is -2.14. The Morgan fingerprint density at radius 3 is 2.77 bits per heavy atom. The van der Waals surface area contributed by atoms with Crippen LogP contribution in [0.25, 0.3) is 0 Å². The zero-order valence-corrected chi connectivity index (χ0v) is 14.2. The number of rotatable bonds is 4. The maximum absolute atomic E-state index is 12.8. The van der Waals surface area contributed by atoms with Gasteiger partial charge in [-0.1, -0.05) is 19.9 Å². The fourth-order valence-electron chi connectivity index (χ4n) is 3.79. The van der Waals surface area contributed by atoms with E-state index < -0.39 is 10.0 Å². The van der Waals surface area contributed by atoms with Crippen LogP contribution in [-0.2, 0) is 14.8 Å². The van der Waals surface area contributed by atoms with Gasteiger partial charge in [-0.05, 0) is 31.0 Å². The monoisotopic (exact) mass is 325 g/mol. The molecule has 1 aromatic rings. The summed E-state index contributed by atoms with van der Waals surface area (Å²) in [6, 6.07) is 5.08. The standard InChI is InChI=1S/C16H23NO4S/c1-10-5-6-12(20-4)13(9-10)22(18,19)17-14-11-7-8-21-15(11)16(14,2)3/h5-6,9,11,14-15,17H,7-8H2,1-4H3/t11-,14-,15+/m1/s1. The molecular weight excluding hydrogens is 302 g/mol. The third-order valence-corrected chi connectivity index (χ3v) is 6.45. The van der Waals surface area contributed by atoms with Crippen LogP contribution in [0.3, 0.4) is 0 Å². The molecule has 1 saturated heterocycles. The Balaban J connectivity index is 1.90. The zero-order valence-electron chi connectivity index (χ0n) is 13.4. The van der Waals surface area contributed by atoms with Crippen LogP contribution >= 0.6 is 0 Å². The fourth-order valence-corrected chi connectivity index (χ4v) is 5.49. The van der Waals surface area contributed by atoms with Crippen LogP contribution in [0.2, 0.25) is 0 Å². The van der Waals surface area contributed by atoms with Crippen LogP contribution in [0.4, 0.5) is 0 Å². The van der Waals surface area contributed by atoms with Gasteiger partial charge < -0.3 is 9.47 Å². The molecule has 0 unspecified atom stereocenters. The fraction of sp³-hybridized carbons (Fsp3) is 0.625. The van der Waals surface area contributed by atoms with Crippen molar-refractivity contribution >= 4 is 10.0 Å². The third kappa shape index (κ3) is 2.33. The molecule has 0 radical (unpaired) electrons. The van der Waals surface area contributed by atoms with Gasteiger partial charge in [-0.2, -0.15) is 0 Å².